The van der Waals surface area contributed by atoms with Crippen molar-refractivity contribution in [3.8, 4) is 0 Å². The molecule has 0 atom stereocenters. The van der Waals surface area contributed by atoms with E-state index in [1.807, 2.05) is 0 Å². The van der Waals surface area contributed by atoms with Gasteiger partial charge in [-0.05, 0) is 6.55 Å². The van der Waals surface area contributed by atoms with Gasteiger partial charge in [0.15, 0.2) is 0 Å². The number of aliphatic carboxylic acids is 1. The molecule has 0 saturated carbocycles. The Kier molecular flexibility index (Phi) is 9.02. The zero-order chi connectivity index (χ0) is 8.20. The number of carbonyl (C=O) groups excluding carboxylic acids is 1. The van der Waals surface area contributed by atoms with Gasteiger partial charge in [-0.3, -0.25) is 0 Å². The molecule has 0 aromatic carbocycles. The van der Waals surface area contributed by atoms with Crippen molar-refractivity contribution in [2.45, 2.75) is 12.6 Å². The maximum atomic E-state index is 10.1. The number of carboxylic acid groups (broad SMARTS) is 1. The molecule has 60 valence electrons. The minimum Gasteiger partial charge on any atom is -0.550 e. The quantitative estimate of drug-likeness (QED) is 0.437. The van der Waals surface area contributed by atoms with E-state index < -0.39 is 14.5 Å². The summed E-state index contributed by atoms with van der Waals surface area (Å²) in [6, 6.07) is -0.125. The van der Waals surface area contributed by atoms with Gasteiger partial charge in [0.2, 0.25) is 0 Å². The van der Waals surface area contributed by atoms with Gasteiger partial charge in [-0.2, -0.15) is 0 Å². The first-order valence-electron chi connectivity index (χ1n) is 2.84. The van der Waals surface area contributed by atoms with Gasteiger partial charge in [0, 0.05) is 26.2 Å². The van der Waals surface area contributed by atoms with Crippen LogP contribution >= 0.6 is 0 Å². The molecule has 0 unspecified atom stereocenters. The summed E-state index contributed by atoms with van der Waals surface area (Å²) in [4.78, 5) is 10.1. The van der Waals surface area contributed by atoms with Gasteiger partial charge >= 0.3 is 59.9 Å². The molecule has 0 amide bonds. The molecule has 0 heterocycles. The fourth-order valence-corrected chi connectivity index (χ4v) is 1.47. The zero-order valence-corrected chi connectivity index (χ0v) is 11.5. The molecule has 4 nitrogen and oxygen atoms in total. The van der Waals surface area contributed by atoms with Crippen LogP contribution in [0, 0.1) is 0 Å². The van der Waals surface area contributed by atoms with Crippen LogP contribution < -0.4 is 56.5 Å². The average molecular weight is 202 g/mol. The SMILES string of the molecule is CO[Si](C)(CC(=O)[O-])OC.[K+]. The predicted octanol–water partition coefficient (Wildman–Crippen LogP) is -3.89. The van der Waals surface area contributed by atoms with Crippen molar-refractivity contribution in [3.63, 3.8) is 0 Å². The van der Waals surface area contributed by atoms with Gasteiger partial charge in [-0.15, -0.1) is 0 Å². The van der Waals surface area contributed by atoms with Crippen molar-refractivity contribution in [3.05, 3.63) is 0 Å². The van der Waals surface area contributed by atoms with Gasteiger partial charge in [0.25, 0.3) is 0 Å². The van der Waals surface area contributed by atoms with Crippen molar-refractivity contribution in [2.75, 3.05) is 14.2 Å². The monoisotopic (exact) mass is 202 g/mol. The summed E-state index contributed by atoms with van der Waals surface area (Å²) < 4.78 is 9.79. The molecule has 0 aliphatic carbocycles. The molecule has 0 spiro atoms. The van der Waals surface area contributed by atoms with Crippen molar-refractivity contribution in [2.24, 2.45) is 0 Å². The Morgan fingerprint density at radius 1 is 1.45 bits per heavy atom. The summed E-state index contributed by atoms with van der Waals surface area (Å²) in [5, 5.41) is 10.1. The van der Waals surface area contributed by atoms with Crippen molar-refractivity contribution < 1.29 is 70.1 Å². The van der Waals surface area contributed by atoms with E-state index in [1.165, 1.54) is 14.2 Å². The molecule has 6 heteroatoms. The second-order valence-electron chi connectivity index (χ2n) is 2.09. The van der Waals surface area contributed by atoms with Gasteiger partial charge in [0.1, 0.15) is 0 Å². The molecule has 0 bridgehead atoms. The van der Waals surface area contributed by atoms with Crippen LogP contribution in [0.1, 0.15) is 0 Å². The Bertz CT molecular complexity index is 126. The molecule has 0 aromatic heterocycles. The van der Waals surface area contributed by atoms with Crippen LogP contribution in [0.3, 0.4) is 0 Å². The number of rotatable bonds is 4. The van der Waals surface area contributed by atoms with Crippen LogP contribution in [0.25, 0.3) is 0 Å². The first-order chi connectivity index (χ1) is 4.54. The van der Waals surface area contributed by atoms with E-state index in [4.69, 9.17) is 8.85 Å². The standard InChI is InChI=1S/C5H12O4Si.K/c1-8-10(3,9-2)4-5(6)7;/h4H2,1-3H3,(H,6,7);/q;+1/p-1. The molecule has 0 rings (SSSR count). The summed E-state index contributed by atoms with van der Waals surface area (Å²) >= 11 is 0. The zero-order valence-electron chi connectivity index (χ0n) is 7.34. The number of hydrogen-bond donors (Lipinski definition) is 0. The Morgan fingerprint density at radius 2 is 1.82 bits per heavy atom. The molecule has 0 radical (unpaired) electrons. The second-order valence-corrected chi connectivity index (χ2v) is 5.53. The maximum absolute atomic E-state index is 10.1. The first-order valence-corrected chi connectivity index (χ1v) is 5.36. The van der Waals surface area contributed by atoms with Crippen LogP contribution in [0.15, 0.2) is 0 Å². The number of carboxylic acids is 1. The van der Waals surface area contributed by atoms with Gasteiger partial charge in [0.05, 0.1) is 0 Å². The Labute approximate surface area is 110 Å². The van der Waals surface area contributed by atoms with Crippen molar-refractivity contribution in [1.82, 2.24) is 0 Å². The first kappa shape index (κ1) is 14.8. The van der Waals surface area contributed by atoms with Gasteiger partial charge in [-0.25, -0.2) is 0 Å². The van der Waals surface area contributed by atoms with E-state index in [1.54, 1.807) is 6.55 Å². The minimum absolute atomic E-state index is 0. The fraction of sp³-hybridized carbons (Fsp3) is 0.800. The second kappa shape index (κ2) is 6.73. The minimum atomic E-state index is -2.42. The summed E-state index contributed by atoms with van der Waals surface area (Å²) in [6.07, 6.45) is 0. The molecule has 0 saturated heterocycles. The largest absolute Gasteiger partial charge is 1.00 e. The maximum Gasteiger partial charge on any atom is 1.00 e. The van der Waals surface area contributed by atoms with Crippen LogP contribution in [0.2, 0.25) is 12.6 Å². The van der Waals surface area contributed by atoms with E-state index in [-0.39, 0.29) is 57.4 Å². The fourth-order valence-electron chi connectivity index (χ4n) is 0.490. The van der Waals surface area contributed by atoms with E-state index in [9.17, 15) is 9.90 Å². The Balaban J connectivity index is 0. The third kappa shape index (κ3) is 6.41. The molecule has 0 aliphatic rings. The Morgan fingerprint density at radius 3 is 1.91 bits per heavy atom. The summed E-state index contributed by atoms with van der Waals surface area (Å²) in [6.45, 7) is 1.67. The van der Waals surface area contributed by atoms with E-state index in [2.05, 4.69) is 0 Å². The Hall–Kier alpha value is 1.24. The molecule has 11 heavy (non-hydrogen) atoms. The van der Waals surface area contributed by atoms with Crippen LogP contribution in [0.4, 0.5) is 0 Å². The predicted molar refractivity (Wildman–Crippen MR) is 35.4 cm³/mol. The van der Waals surface area contributed by atoms with Crippen LogP contribution in [-0.4, -0.2) is 28.7 Å². The molecular weight excluding hydrogens is 191 g/mol. The molecular formula is C5H11KO4Si. The number of carbonyl (C=O) groups is 1. The van der Waals surface area contributed by atoms with Crippen molar-refractivity contribution in [1.29, 1.82) is 0 Å². The summed E-state index contributed by atoms with van der Waals surface area (Å²) in [5.74, 6) is -1.13. The normalized spacial score (nSPS) is 10.5. The summed E-state index contributed by atoms with van der Waals surface area (Å²) in [5.41, 5.74) is 0. The van der Waals surface area contributed by atoms with Crippen LogP contribution in [0.5, 0.6) is 0 Å². The molecule has 0 aliphatic heterocycles. The van der Waals surface area contributed by atoms with Crippen molar-refractivity contribution >= 4 is 14.5 Å². The topological polar surface area (TPSA) is 58.6 Å². The average Bonchev–Trinajstić information content (AvgIpc) is 1.87. The van der Waals surface area contributed by atoms with Crippen LogP contribution in [-0.2, 0) is 13.6 Å². The molecule has 0 aromatic rings. The van der Waals surface area contributed by atoms with Gasteiger partial charge < -0.3 is 18.8 Å². The molecule has 0 N–H and O–H groups in total. The van der Waals surface area contributed by atoms with E-state index in [0.717, 1.165) is 0 Å². The van der Waals surface area contributed by atoms with E-state index >= 15 is 0 Å². The number of hydrogen-bond acceptors (Lipinski definition) is 4. The third-order valence-corrected chi connectivity index (χ3v) is 3.99. The smallest absolute Gasteiger partial charge is 0.550 e. The summed E-state index contributed by atoms with van der Waals surface area (Å²) in [7, 11) is 0.464. The third-order valence-electron chi connectivity index (χ3n) is 1.33. The van der Waals surface area contributed by atoms with E-state index in [0.29, 0.717) is 0 Å². The van der Waals surface area contributed by atoms with Gasteiger partial charge in [-0.1, -0.05) is 0 Å². The molecule has 0 fully saturated rings.